The maximum atomic E-state index is 11.8. The number of methoxy groups -OCH3 is 1. The van der Waals surface area contributed by atoms with Crippen LogP contribution < -0.4 is 10.5 Å². The molecule has 0 spiro atoms. The summed E-state index contributed by atoms with van der Waals surface area (Å²) in [5, 5.41) is 0. The van der Waals surface area contributed by atoms with Crippen LogP contribution in [0.4, 0.5) is 0 Å². The van der Waals surface area contributed by atoms with Crippen molar-refractivity contribution in [2.45, 2.75) is 13.0 Å². The number of benzene rings is 1. The molecule has 1 rings (SSSR count). The Balaban J connectivity index is 2.64. The van der Waals surface area contributed by atoms with E-state index in [1.54, 1.807) is 31.4 Å². The van der Waals surface area contributed by atoms with E-state index in [0.717, 1.165) is 0 Å². The van der Waals surface area contributed by atoms with E-state index < -0.39 is 12.0 Å². The van der Waals surface area contributed by atoms with Gasteiger partial charge in [0.05, 0.1) is 7.11 Å². The van der Waals surface area contributed by atoms with Gasteiger partial charge in [0.1, 0.15) is 18.4 Å². The molecule has 1 aromatic carbocycles. The first-order chi connectivity index (χ1) is 8.04. The molecule has 0 saturated carbocycles. The van der Waals surface area contributed by atoms with Gasteiger partial charge in [-0.15, -0.1) is 0 Å². The quantitative estimate of drug-likeness (QED) is 0.604. The third kappa shape index (κ3) is 3.88. The van der Waals surface area contributed by atoms with Gasteiger partial charge in [-0.1, -0.05) is 0 Å². The Labute approximate surface area is 99.5 Å². The fourth-order valence-electron chi connectivity index (χ4n) is 1.25. The Kier molecular flexibility index (Phi) is 4.66. The Morgan fingerprint density at radius 1 is 1.29 bits per heavy atom. The van der Waals surface area contributed by atoms with Gasteiger partial charge in [0.2, 0.25) is 0 Å². The zero-order chi connectivity index (χ0) is 12.8. The predicted octanol–water partition coefficient (Wildman–Crippen LogP) is 0.768. The molecule has 0 heterocycles. The third-order valence-corrected chi connectivity index (χ3v) is 2.18. The zero-order valence-corrected chi connectivity index (χ0v) is 9.80. The molecular formula is C12H15NO4. The van der Waals surface area contributed by atoms with Gasteiger partial charge in [-0.25, -0.2) is 0 Å². The lowest BCUT2D eigenvalue weighted by molar-refractivity contribution is -0.141. The first kappa shape index (κ1) is 13.2. The fraction of sp³-hybridized carbons (Fsp3) is 0.333. The molecule has 0 radical (unpaired) electrons. The van der Waals surface area contributed by atoms with E-state index in [9.17, 15) is 9.59 Å². The Morgan fingerprint density at radius 2 is 1.88 bits per heavy atom. The molecule has 0 aromatic heterocycles. The maximum absolute atomic E-state index is 11.8. The van der Waals surface area contributed by atoms with Crippen LogP contribution in [-0.2, 0) is 9.53 Å². The van der Waals surface area contributed by atoms with Crippen LogP contribution in [0, 0.1) is 0 Å². The van der Waals surface area contributed by atoms with Gasteiger partial charge in [-0.2, -0.15) is 0 Å². The van der Waals surface area contributed by atoms with Crippen molar-refractivity contribution in [3.05, 3.63) is 29.8 Å². The van der Waals surface area contributed by atoms with Crippen LogP contribution in [0.5, 0.6) is 5.75 Å². The summed E-state index contributed by atoms with van der Waals surface area (Å²) >= 11 is 0. The van der Waals surface area contributed by atoms with Crippen LogP contribution in [0.15, 0.2) is 24.3 Å². The zero-order valence-electron chi connectivity index (χ0n) is 9.80. The van der Waals surface area contributed by atoms with Crippen molar-refractivity contribution in [1.29, 1.82) is 0 Å². The van der Waals surface area contributed by atoms with Crippen molar-refractivity contribution in [3.63, 3.8) is 0 Å². The van der Waals surface area contributed by atoms with E-state index in [1.165, 1.54) is 6.92 Å². The van der Waals surface area contributed by atoms with Crippen molar-refractivity contribution >= 4 is 11.8 Å². The number of rotatable bonds is 5. The van der Waals surface area contributed by atoms with E-state index in [-0.39, 0.29) is 12.4 Å². The number of Topliss-reactive ketones (excluding diaryl/α,β-unsaturated/α-hetero) is 1. The second kappa shape index (κ2) is 6.00. The summed E-state index contributed by atoms with van der Waals surface area (Å²) in [6.07, 6.45) is 0. The summed E-state index contributed by atoms with van der Waals surface area (Å²) in [6, 6.07) is 5.74. The molecular weight excluding hydrogens is 222 g/mol. The van der Waals surface area contributed by atoms with Crippen molar-refractivity contribution < 1.29 is 19.1 Å². The smallest absolute Gasteiger partial charge is 0.302 e. The van der Waals surface area contributed by atoms with E-state index in [1.807, 2.05) is 0 Å². The third-order valence-electron chi connectivity index (χ3n) is 2.18. The SMILES string of the molecule is COc1ccc(C(=O)[C@H](N)COC(C)=O)cc1. The van der Waals surface area contributed by atoms with Crippen LogP contribution >= 0.6 is 0 Å². The van der Waals surface area contributed by atoms with Gasteiger partial charge in [0.15, 0.2) is 5.78 Å². The number of ketones is 1. The predicted molar refractivity (Wildman–Crippen MR) is 61.9 cm³/mol. The average Bonchev–Trinajstić information content (AvgIpc) is 2.35. The number of hydrogen-bond donors (Lipinski definition) is 1. The largest absolute Gasteiger partial charge is 0.497 e. The summed E-state index contributed by atoms with van der Waals surface area (Å²) in [5.41, 5.74) is 6.07. The normalized spacial score (nSPS) is 11.7. The Bertz CT molecular complexity index is 399. The highest BCUT2D eigenvalue weighted by molar-refractivity contribution is 6.00. The standard InChI is InChI=1S/C12H15NO4/c1-8(14)17-7-11(13)12(15)9-3-5-10(16-2)6-4-9/h3-6,11H,7,13H2,1-2H3/t11-/m1/s1. The number of hydrogen-bond acceptors (Lipinski definition) is 5. The highest BCUT2D eigenvalue weighted by atomic mass is 16.5. The molecule has 1 aromatic rings. The lowest BCUT2D eigenvalue weighted by Gasteiger charge is -2.10. The molecule has 0 aliphatic rings. The first-order valence-corrected chi connectivity index (χ1v) is 5.12. The number of esters is 1. The van der Waals surface area contributed by atoms with Gasteiger partial charge in [-0.3, -0.25) is 9.59 Å². The van der Waals surface area contributed by atoms with Crippen molar-refractivity contribution in [2.75, 3.05) is 13.7 Å². The summed E-state index contributed by atoms with van der Waals surface area (Å²) in [5.74, 6) is -0.0630. The molecule has 2 N–H and O–H groups in total. The van der Waals surface area contributed by atoms with E-state index in [0.29, 0.717) is 11.3 Å². The second-order valence-electron chi connectivity index (χ2n) is 3.50. The molecule has 17 heavy (non-hydrogen) atoms. The van der Waals surface area contributed by atoms with E-state index in [2.05, 4.69) is 4.74 Å². The molecule has 0 unspecified atom stereocenters. The highest BCUT2D eigenvalue weighted by Crippen LogP contribution is 2.12. The summed E-state index contributed by atoms with van der Waals surface area (Å²) < 4.78 is 9.66. The van der Waals surface area contributed by atoms with Crippen LogP contribution in [0.2, 0.25) is 0 Å². The van der Waals surface area contributed by atoms with Crippen LogP contribution in [0.3, 0.4) is 0 Å². The lowest BCUT2D eigenvalue weighted by Crippen LogP contribution is -2.35. The van der Waals surface area contributed by atoms with Gasteiger partial charge >= 0.3 is 5.97 Å². The van der Waals surface area contributed by atoms with E-state index >= 15 is 0 Å². The van der Waals surface area contributed by atoms with Gasteiger partial charge in [0, 0.05) is 12.5 Å². The minimum atomic E-state index is -0.840. The molecule has 5 nitrogen and oxygen atoms in total. The Hall–Kier alpha value is -1.88. The number of carbonyl (C=O) groups is 2. The molecule has 1 atom stereocenters. The molecule has 0 bridgehead atoms. The van der Waals surface area contributed by atoms with Gasteiger partial charge in [-0.05, 0) is 24.3 Å². The highest BCUT2D eigenvalue weighted by Gasteiger charge is 2.16. The Morgan fingerprint density at radius 3 is 2.35 bits per heavy atom. The van der Waals surface area contributed by atoms with Crippen molar-refractivity contribution in [3.8, 4) is 5.75 Å². The molecule has 5 heteroatoms. The van der Waals surface area contributed by atoms with Gasteiger partial charge in [0.25, 0.3) is 0 Å². The number of nitrogens with two attached hydrogens (primary N) is 1. The summed E-state index contributed by atoms with van der Waals surface area (Å²) in [6.45, 7) is 1.16. The molecule has 92 valence electrons. The average molecular weight is 237 g/mol. The minimum absolute atomic E-state index is 0.111. The number of ether oxygens (including phenoxy) is 2. The summed E-state index contributed by atoms with van der Waals surface area (Å²) in [4.78, 5) is 22.4. The molecule has 0 aliphatic heterocycles. The molecule has 0 saturated heterocycles. The fourth-order valence-corrected chi connectivity index (χ4v) is 1.25. The van der Waals surface area contributed by atoms with Crippen LogP contribution in [0.1, 0.15) is 17.3 Å². The second-order valence-corrected chi connectivity index (χ2v) is 3.50. The monoisotopic (exact) mass is 237 g/mol. The minimum Gasteiger partial charge on any atom is -0.497 e. The van der Waals surface area contributed by atoms with Crippen molar-refractivity contribution in [2.24, 2.45) is 5.73 Å². The number of carbonyl (C=O) groups excluding carboxylic acids is 2. The van der Waals surface area contributed by atoms with Crippen molar-refractivity contribution in [1.82, 2.24) is 0 Å². The van der Waals surface area contributed by atoms with Crippen LogP contribution in [-0.4, -0.2) is 31.5 Å². The van der Waals surface area contributed by atoms with Gasteiger partial charge < -0.3 is 15.2 Å². The molecule has 0 aliphatic carbocycles. The maximum Gasteiger partial charge on any atom is 0.302 e. The van der Waals surface area contributed by atoms with Crippen LogP contribution in [0.25, 0.3) is 0 Å². The topological polar surface area (TPSA) is 78.6 Å². The lowest BCUT2D eigenvalue weighted by atomic mass is 10.1. The van der Waals surface area contributed by atoms with E-state index in [4.69, 9.17) is 10.5 Å². The molecule has 0 amide bonds. The summed E-state index contributed by atoms with van der Waals surface area (Å²) in [7, 11) is 1.54. The first-order valence-electron chi connectivity index (χ1n) is 5.12. The molecule has 0 fully saturated rings.